The van der Waals surface area contributed by atoms with E-state index in [4.69, 9.17) is 0 Å². The summed E-state index contributed by atoms with van der Waals surface area (Å²) in [6.45, 7) is 5.01. The van der Waals surface area contributed by atoms with Crippen molar-refractivity contribution in [3.63, 3.8) is 0 Å². The summed E-state index contributed by atoms with van der Waals surface area (Å²) in [4.78, 5) is 11.9. The summed E-state index contributed by atoms with van der Waals surface area (Å²) in [5.41, 5.74) is 1.91. The van der Waals surface area contributed by atoms with Gasteiger partial charge in [0.2, 0.25) is 10.0 Å². The molecule has 0 bridgehead atoms. The zero-order valence-electron chi connectivity index (χ0n) is 11.0. The fourth-order valence-electron chi connectivity index (χ4n) is 2.44. The normalized spacial score (nSPS) is 16.7. The number of nitrogens with zero attached hydrogens (tertiary/aromatic N) is 2. The van der Waals surface area contributed by atoms with Crippen LogP contribution in [0.5, 0.6) is 0 Å². The van der Waals surface area contributed by atoms with Crippen molar-refractivity contribution >= 4 is 10.0 Å². The average Bonchev–Trinajstić information content (AvgIpc) is 2.54. The first kappa shape index (κ1) is 14.0. The molecule has 19 heavy (non-hydrogen) atoms. The van der Waals surface area contributed by atoms with Crippen LogP contribution in [0.3, 0.4) is 0 Å². The molecule has 0 saturated heterocycles. The lowest BCUT2D eigenvalue weighted by molar-refractivity contribution is 0.429. The molecule has 0 amide bonds. The maximum absolute atomic E-state index is 11.9. The number of aromatic nitrogens is 1. The number of fused-ring (bicyclic) bond motifs is 1. The van der Waals surface area contributed by atoms with Gasteiger partial charge in [0.15, 0.2) is 0 Å². The van der Waals surface area contributed by atoms with E-state index < -0.39 is 10.0 Å². The van der Waals surface area contributed by atoms with Crippen LogP contribution in [-0.2, 0) is 29.4 Å². The van der Waals surface area contributed by atoms with Gasteiger partial charge in [-0.1, -0.05) is 12.1 Å². The van der Waals surface area contributed by atoms with Gasteiger partial charge in [0.05, 0.1) is 6.26 Å². The molecule has 1 aliphatic heterocycles. The molecule has 0 radical (unpaired) electrons. The predicted octanol–water partition coefficient (Wildman–Crippen LogP) is 0.394. The Morgan fingerprint density at radius 3 is 2.63 bits per heavy atom. The molecule has 0 fully saturated rings. The minimum atomic E-state index is -3.18. The maximum atomic E-state index is 11.9. The monoisotopic (exact) mass is 282 g/mol. The van der Waals surface area contributed by atoms with Crippen molar-refractivity contribution < 1.29 is 8.42 Å². The topological polar surface area (TPSA) is 59.4 Å². The van der Waals surface area contributed by atoms with Crippen molar-refractivity contribution in [1.82, 2.24) is 8.87 Å². The third kappa shape index (κ3) is 2.96. The van der Waals surface area contributed by atoms with Crippen LogP contribution in [0.25, 0.3) is 0 Å². The Morgan fingerprint density at radius 1 is 1.32 bits per heavy atom. The lowest BCUT2D eigenvalue weighted by atomic mass is 10.1. The summed E-state index contributed by atoms with van der Waals surface area (Å²) in [5, 5.41) is 0. The Morgan fingerprint density at radius 2 is 2.00 bits per heavy atom. The summed E-state index contributed by atoms with van der Waals surface area (Å²) < 4.78 is 26.4. The van der Waals surface area contributed by atoms with Gasteiger partial charge in [-0.05, 0) is 12.0 Å². The lowest BCUT2D eigenvalue weighted by Gasteiger charge is -2.16. The Balaban J connectivity index is 2.40. The third-order valence-electron chi connectivity index (χ3n) is 3.40. The van der Waals surface area contributed by atoms with Crippen molar-refractivity contribution in [3.8, 4) is 0 Å². The van der Waals surface area contributed by atoms with Gasteiger partial charge in [-0.15, -0.1) is 6.58 Å². The molecule has 0 atom stereocenters. The number of allylic oxidation sites excluding steroid dienone is 1. The highest BCUT2D eigenvalue weighted by Gasteiger charge is 2.22. The number of rotatable bonds is 3. The molecule has 104 valence electrons. The van der Waals surface area contributed by atoms with Crippen LogP contribution in [0.2, 0.25) is 0 Å². The molecule has 5 nitrogen and oxygen atoms in total. The van der Waals surface area contributed by atoms with E-state index in [2.05, 4.69) is 6.58 Å². The molecule has 2 rings (SSSR count). The molecule has 1 aromatic rings. The van der Waals surface area contributed by atoms with Crippen LogP contribution < -0.4 is 5.56 Å². The van der Waals surface area contributed by atoms with Crippen molar-refractivity contribution in [3.05, 3.63) is 46.4 Å². The predicted molar refractivity (Wildman–Crippen MR) is 74.7 cm³/mol. The van der Waals surface area contributed by atoms with Gasteiger partial charge < -0.3 is 4.57 Å². The molecule has 1 aromatic heterocycles. The number of sulfonamides is 1. The fourth-order valence-corrected chi connectivity index (χ4v) is 3.28. The average molecular weight is 282 g/mol. The van der Waals surface area contributed by atoms with Gasteiger partial charge in [-0.2, -0.15) is 0 Å². The summed E-state index contributed by atoms with van der Waals surface area (Å²) in [5.74, 6) is 0. The summed E-state index contributed by atoms with van der Waals surface area (Å²) in [6.07, 6.45) is 4.10. The molecule has 0 saturated carbocycles. The van der Waals surface area contributed by atoms with E-state index in [0.717, 1.165) is 11.3 Å². The van der Waals surface area contributed by atoms with E-state index in [9.17, 15) is 13.2 Å². The van der Waals surface area contributed by atoms with E-state index >= 15 is 0 Å². The van der Waals surface area contributed by atoms with Gasteiger partial charge in [0, 0.05) is 37.8 Å². The van der Waals surface area contributed by atoms with Crippen LogP contribution in [0, 0.1) is 0 Å². The van der Waals surface area contributed by atoms with Crippen LogP contribution in [0.1, 0.15) is 11.3 Å². The molecule has 0 N–H and O–H groups in total. The maximum Gasteiger partial charge on any atom is 0.251 e. The highest BCUT2D eigenvalue weighted by Crippen LogP contribution is 2.16. The van der Waals surface area contributed by atoms with E-state index in [1.807, 2.05) is 6.07 Å². The first-order chi connectivity index (χ1) is 8.93. The second-order valence-corrected chi connectivity index (χ2v) is 6.69. The third-order valence-corrected chi connectivity index (χ3v) is 4.70. The fraction of sp³-hybridized carbons (Fsp3) is 0.462. The second kappa shape index (κ2) is 5.30. The summed E-state index contributed by atoms with van der Waals surface area (Å²) >= 11 is 0. The quantitative estimate of drug-likeness (QED) is 0.754. The largest absolute Gasteiger partial charge is 0.309 e. The highest BCUT2D eigenvalue weighted by molar-refractivity contribution is 7.88. The smallest absolute Gasteiger partial charge is 0.251 e. The van der Waals surface area contributed by atoms with Crippen molar-refractivity contribution in [2.75, 3.05) is 19.3 Å². The summed E-state index contributed by atoms with van der Waals surface area (Å²) in [6, 6.07) is 3.35. The molecule has 2 heterocycles. The number of pyridine rings is 1. The van der Waals surface area contributed by atoms with Crippen molar-refractivity contribution in [2.45, 2.75) is 19.4 Å². The molecule has 0 aliphatic carbocycles. The Labute approximate surface area is 113 Å². The molecular weight excluding hydrogens is 264 g/mol. The Hall–Kier alpha value is -1.40. The zero-order chi connectivity index (χ0) is 14.0. The Kier molecular flexibility index (Phi) is 3.91. The minimum Gasteiger partial charge on any atom is -0.309 e. The SMILES string of the molecule is C=CCn1c2c(ccc1=O)CCN(S(C)(=O)=O)CC2. The molecular formula is C13H18N2O3S. The van der Waals surface area contributed by atoms with E-state index in [-0.39, 0.29) is 5.56 Å². The zero-order valence-corrected chi connectivity index (χ0v) is 11.8. The highest BCUT2D eigenvalue weighted by atomic mass is 32.2. The van der Waals surface area contributed by atoms with E-state index in [1.54, 1.807) is 16.7 Å². The molecule has 6 heteroatoms. The van der Waals surface area contributed by atoms with Crippen LogP contribution in [-0.4, -0.2) is 36.6 Å². The van der Waals surface area contributed by atoms with Crippen LogP contribution in [0.4, 0.5) is 0 Å². The van der Waals surface area contributed by atoms with E-state index in [1.165, 1.54) is 10.6 Å². The number of hydrogen-bond donors (Lipinski definition) is 0. The second-order valence-electron chi connectivity index (χ2n) is 4.70. The van der Waals surface area contributed by atoms with Crippen LogP contribution in [0.15, 0.2) is 29.6 Å². The lowest BCUT2D eigenvalue weighted by Crippen LogP contribution is -2.32. The van der Waals surface area contributed by atoms with Gasteiger partial charge in [0.1, 0.15) is 0 Å². The Bertz CT molecular complexity index is 646. The van der Waals surface area contributed by atoms with Gasteiger partial charge >= 0.3 is 0 Å². The molecule has 0 spiro atoms. The van der Waals surface area contributed by atoms with Crippen molar-refractivity contribution in [1.29, 1.82) is 0 Å². The van der Waals surface area contributed by atoms with Crippen LogP contribution >= 0.6 is 0 Å². The molecule has 0 aromatic carbocycles. The van der Waals surface area contributed by atoms with E-state index in [0.29, 0.717) is 32.5 Å². The van der Waals surface area contributed by atoms with Crippen molar-refractivity contribution in [2.24, 2.45) is 0 Å². The molecule has 0 unspecified atom stereocenters. The first-order valence-electron chi connectivity index (χ1n) is 6.21. The van der Waals surface area contributed by atoms with Gasteiger partial charge in [-0.3, -0.25) is 4.79 Å². The molecule has 1 aliphatic rings. The first-order valence-corrected chi connectivity index (χ1v) is 8.06. The van der Waals surface area contributed by atoms with Gasteiger partial charge in [0.25, 0.3) is 5.56 Å². The number of hydrogen-bond acceptors (Lipinski definition) is 3. The summed E-state index contributed by atoms with van der Waals surface area (Å²) in [7, 11) is -3.18. The standard InChI is InChI=1S/C13H18N2O3S/c1-3-8-15-12-7-10-14(19(2,17)18)9-6-11(12)4-5-13(15)16/h3-5H,1,6-10H2,2H3. The van der Waals surface area contributed by atoms with Gasteiger partial charge in [-0.25, -0.2) is 12.7 Å². The minimum absolute atomic E-state index is 0.0635.